The fourth-order valence-electron chi connectivity index (χ4n) is 3.28. The molecule has 1 N–H and O–H groups in total. The van der Waals surface area contributed by atoms with E-state index in [1.165, 1.54) is 38.9 Å². The highest BCUT2D eigenvalue weighted by Gasteiger charge is 2.35. The van der Waals surface area contributed by atoms with E-state index in [1.54, 1.807) is 0 Å². The topological polar surface area (TPSA) is 42.3 Å². The lowest BCUT2D eigenvalue weighted by molar-refractivity contribution is 0.0905. The van der Waals surface area contributed by atoms with Gasteiger partial charge in [-0.2, -0.15) is 5.26 Å². The second kappa shape index (κ2) is 6.89. The summed E-state index contributed by atoms with van der Waals surface area (Å²) >= 11 is 0. The Morgan fingerprint density at radius 2 is 1.95 bits per heavy atom. The molecule has 4 heteroatoms. The predicted molar refractivity (Wildman–Crippen MR) is 82.6 cm³/mol. The minimum atomic E-state index is -0.360. The molecule has 1 saturated heterocycles. The van der Waals surface area contributed by atoms with E-state index < -0.39 is 0 Å². The SMILES string of the molecule is CCCN1CCN(C(C)CC(C)(C#N)NC2CC2)CC1. The van der Waals surface area contributed by atoms with Crippen molar-refractivity contribution in [3.8, 4) is 6.07 Å². The predicted octanol–water partition coefficient (Wildman–Crippen LogP) is 1.83. The van der Waals surface area contributed by atoms with E-state index in [-0.39, 0.29) is 5.54 Å². The molecule has 0 radical (unpaired) electrons. The van der Waals surface area contributed by atoms with E-state index in [1.807, 2.05) is 0 Å². The third kappa shape index (κ3) is 4.44. The first-order valence-electron chi connectivity index (χ1n) is 8.21. The molecule has 1 saturated carbocycles. The van der Waals surface area contributed by atoms with Crippen LogP contribution in [0.1, 0.15) is 46.5 Å². The fraction of sp³-hybridized carbons (Fsp3) is 0.938. The molecule has 2 unspecified atom stereocenters. The number of piperazine rings is 1. The molecule has 0 aromatic rings. The molecular formula is C16H30N4. The Kier molecular flexibility index (Phi) is 5.42. The molecule has 0 bridgehead atoms. The third-order valence-corrected chi connectivity index (χ3v) is 4.62. The summed E-state index contributed by atoms with van der Waals surface area (Å²) in [7, 11) is 0. The van der Waals surface area contributed by atoms with Crippen molar-refractivity contribution in [1.29, 1.82) is 5.26 Å². The number of nitrogens with one attached hydrogen (secondary N) is 1. The van der Waals surface area contributed by atoms with E-state index in [9.17, 15) is 5.26 Å². The number of hydrogen-bond donors (Lipinski definition) is 1. The second-order valence-corrected chi connectivity index (χ2v) is 6.79. The van der Waals surface area contributed by atoms with Gasteiger partial charge in [-0.3, -0.25) is 10.2 Å². The minimum Gasteiger partial charge on any atom is -0.301 e. The Balaban J connectivity index is 1.79. The van der Waals surface area contributed by atoms with Crippen molar-refractivity contribution in [3.63, 3.8) is 0 Å². The molecule has 1 aliphatic carbocycles. The molecule has 0 spiro atoms. The molecule has 0 aromatic heterocycles. The highest BCUT2D eigenvalue weighted by Crippen LogP contribution is 2.25. The minimum absolute atomic E-state index is 0.360. The number of nitrogens with zero attached hydrogens (tertiary/aromatic N) is 3. The molecule has 2 fully saturated rings. The van der Waals surface area contributed by atoms with Crippen LogP contribution in [0.3, 0.4) is 0 Å². The van der Waals surface area contributed by atoms with Crippen LogP contribution in [0, 0.1) is 11.3 Å². The van der Waals surface area contributed by atoms with Crippen molar-refractivity contribution in [2.24, 2.45) is 0 Å². The highest BCUT2D eigenvalue weighted by molar-refractivity contribution is 5.08. The van der Waals surface area contributed by atoms with E-state index in [2.05, 4.69) is 42.0 Å². The Bertz CT molecular complexity index is 339. The van der Waals surface area contributed by atoms with Crippen LogP contribution in [0.15, 0.2) is 0 Å². The quantitative estimate of drug-likeness (QED) is 0.771. The summed E-state index contributed by atoms with van der Waals surface area (Å²) in [5.41, 5.74) is -0.360. The number of rotatable bonds is 7. The van der Waals surface area contributed by atoms with E-state index in [0.29, 0.717) is 12.1 Å². The van der Waals surface area contributed by atoms with Gasteiger partial charge >= 0.3 is 0 Å². The summed E-state index contributed by atoms with van der Waals surface area (Å²) in [5.74, 6) is 0. The van der Waals surface area contributed by atoms with Crippen molar-refractivity contribution in [2.45, 2.75) is 64.1 Å². The normalized spacial score (nSPS) is 25.9. The van der Waals surface area contributed by atoms with Crippen LogP contribution >= 0.6 is 0 Å². The van der Waals surface area contributed by atoms with Gasteiger partial charge in [0.1, 0.15) is 5.54 Å². The summed E-state index contributed by atoms with van der Waals surface area (Å²) in [6.07, 6.45) is 4.64. The van der Waals surface area contributed by atoms with Crippen molar-refractivity contribution >= 4 is 0 Å². The zero-order valence-corrected chi connectivity index (χ0v) is 13.4. The van der Waals surface area contributed by atoms with Crippen LogP contribution in [0.25, 0.3) is 0 Å². The van der Waals surface area contributed by atoms with Crippen molar-refractivity contribution in [1.82, 2.24) is 15.1 Å². The summed E-state index contributed by atoms with van der Waals surface area (Å²) in [6, 6.07) is 3.57. The summed E-state index contributed by atoms with van der Waals surface area (Å²) < 4.78 is 0. The lowest BCUT2D eigenvalue weighted by atomic mass is 9.94. The maximum Gasteiger partial charge on any atom is 0.105 e. The standard InChI is InChI=1S/C16H30N4/c1-4-7-19-8-10-20(11-9-19)14(2)12-16(3,13-17)18-15-5-6-15/h14-15,18H,4-12H2,1-3H3. The van der Waals surface area contributed by atoms with Crippen LogP contribution < -0.4 is 5.32 Å². The first kappa shape index (κ1) is 15.8. The molecule has 2 atom stereocenters. The summed E-state index contributed by atoms with van der Waals surface area (Å²) in [5, 5.41) is 13.0. The summed E-state index contributed by atoms with van der Waals surface area (Å²) in [6.45, 7) is 12.5. The van der Waals surface area contributed by atoms with Gasteiger partial charge in [0, 0.05) is 38.3 Å². The van der Waals surface area contributed by atoms with Crippen molar-refractivity contribution < 1.29 is 0 Å². The number of hydrogen-bond acceptors (Lipinski definition) is 4. The van der Waals surface area contributed by atoms with Gasteiger partial charge in [0.05, 0.1) is 6.07 Å². The average Bonchev–Trinajstić information content (AvgIpc) is 3.23. The Labute approximate surface area is 124 Å². The fourth-order valence-corrected chi connectivity index (χ4v) is 3.28. The molecule has 0 amide bonds. The summed E-state index contributed by atoms with van der Waals surface area (Å²) in [4.78, 5) is 5.10. The first-order chi connectivity index (χ1) is 9.56. The molecule has 4 nitrogen and oxygen atoms in total. The van der Waals surface area contributed by atoms with E-state index >= 15 is 0 Å². The molecule has 114 valence electrons. The molecule has 20 heavy (non-hydrogen) atoms. The first-order valence-corrected chi connectivity index (χ1v) is 8.21. The average molecular weight is 278 g/mol. The van der Waals surface area contributed by atoms with Crippen LogP contribution in [0.2, 0.25) is 0 Å². The molecular weight excluding hydrogens is 248 g/mol. The monoisotopic (exact) mass is 278 g/mol. The van der Waals surface area contributed by atoms with Gasteiger partial charge in [-0.1, -0.05) is 6.92 Å². The van der Waals surface area contributed by atoms with Crippen LogP contribution in [-0.2, 0) is 0 Å². The maximum absolute atomic E-state index is 9.48. The zero-order valence-electron chi connectivity index (χ0n) is 13.4. The number of nitriles is 1. The van der Waals surface area contributed by atoms with Gasteiger partial charge in [0.15, 0.2) is 0 Å². The van der Waals surface area contributed by atoms with Gasteiger partial charge in [-0.25, -0.2) is 0 Å². The van der Waals surface area contributed by atoms with E-state index in [4.69, 9.17) is 0 Å². The lowest BCUT2D eigenvalue weighted by Crippen LogP contribution is -2.53. The lowest BCUT2D eigenvalue weighted by Gasteiger charge is -2.40. The smallest absolute Gasteiger partial charge is 0.105 e. The largest absolute Gasteiger partial charge is 0.301 e. The third-order valence-electron chi connectivity index (χ3n) is 4.62. The van der Waals surface area contributed by atoms with Crippen LogP contribution in [-0.4, -0.2) is 60.1 Å². The van der Waals surface area contributed by atoms with Crippen molar-refractivity contribution in [3.05, 3.63) is 0 Å². The van der Waals surface area contributed by atoms with E-state index in [0.717, 1.165) is 19.5 Å². The van der Waals surface area contributed by atoms with Gasteiger partial charge in [0.2, 0.25) is 0 Å². The van der Waals surface area contributed by atoms with Gasteiger partial charge in [-0.15, -0.1) is 0 Å². The second-order valence-electron chi connectivity index (χ2n) is 6.79. The molecule has 0 aromatic carbocycles. The highest BCUT2D eigenvalue weighted by atomic mass is 15.3. The Morgan fingerprint density at radius 3 is 2.45 bits per heavy atom. The van der Waals surface area contributed by atoms with Crippen molar-refractivity contribution in [2.75, 3.05) is 32.7 Å². The van der Waals surface area contributed by atoms with Gasteiger partial charge < -0.3 is 4.90 Å². The van der Waals surface area contributed by atoms with Crippen LogP contribution in [0.4, 0.5) is 0 Å². The van der Waals surface area contributed by atoms with Gasteiger partial charge in [0.25, 0.3) is 0 Å². The molecule has 1 aliphatic heterocycles. The van der Waals surface area contributed by atoms with Gasteiger partial charge in [-0.05, 0) is 46.1 Å². The maximum atomic E-state index is 9.48. The molecule has 2 aliphatic rings. The van der Waals surface area contributed by atoms with Crippen LogP contribution in [0.5, 0.6) is 0 Å². The molecule has 1 heterocycles. The molecule has 2 rings (SSSR count). The Hall–Kier alpha value is -0.630. The Morgan fingerprint density at radius 1 is 1.30 bits per heavy atom. The zero-order chi connectivity index (χ0) is 14.6.